The van der Waals surface area contributed by atoms with Crippen LogP contribution in [0.5, 0.6) is 0 Å². The van der Waals surface area contributed by atoms with Gasteiger partial charge >= 0.3 is 0 Å². The molecule has 53 valence electrons. The predicted octanol–water partition coefficient (Wildman–Crippen LogP) is -0.282. The maximum Gasteiger partial charge on any atom is 0.138 e. The number of halogens is 1. The van der Waals surface area contributed by atoms with Gasteiger partial charge in [-0.05, 0) is 12.1 Å². The standard InChI is InChI=1S/C6H4ClNO2.K/c7-5-4(6(9)10)2-1-3-8-5;/h1-3H,(H,9,10);/p-1. The molecule has 0 bridgehead atoms. The van der Waals surface area contributed by atoms with Gasteiger partial charge in [-0.15, -0.1) is 0 Å². The van der Waals surface area contributed by atoms with Crippen molar-refractivity contribution in [2.75, 3.05) is 0 Å². The number of aromatic carboxylic acids is 1. The minimum atomic E-state index is -1.31. The largest absolute Gasteiger partial charge is 0.545 e. The Kier molecular flexibility index (Phi) is 5.50. The molecule has 1 aromatic heterocycles. The van der Waals surface area contributed by atoms with Crippen molar-refractivity contribution >= 4 is 69.0 Å². The van der Waals surface area contributed by atoms with Crippen LogP contribution in [0, 0.1) is 0 Å². The van der Waals surface area contributed by atoms with Crippen molar-refractivity contribution in [1.82, 2.24) is 4.98 Å². The van der Waals surface area contributed by atoms with Crippen LogP contribution < -0.4 is 5.11 Å². The SMILES string of the molecule is O=C([O-])c1cccnc1Cl.[K]. The van der Waals surface area contributed by atoms with E-state index in [0.717, 1.165) is 0 Å². The molecule has 0 atom stereocenters. The van der Waals surface area contributed by atoms with E-state index >= 15 is 0 Å². The molecule has 1 radical (unpaired) electrons. The number of carboxylic acid groups (broad SMARTS) is 1. The van der Waals surface area contributed by atoms with E-state index in [0.29, 0.717) is 0 Å². The zero-order chi connectivity index (χ0) is 7.56. The third-order valence-electron chi connectivity index (χ3n) is 0.979. The van der Waals surface area contributed by atoms with Gasteiger partial charge in [0.05, 0.1) is 5.97 Å². The number of aromatic nitrogens is 1. The van der Waals surface area contributed by atoms with Crippen LogP contribution in [0.25, 0.3) is 0 Å². The van der Waals surface area contributed by atoms with E-state index < -0.39 is 5.97 Å². The van der Waals surface area contributed by atoms with Gasteiger partial charge in [-0.2, -0.15) is 0 Å². The second kappa shape index (κ2) is 5.24. The minimum Gasteiger partial charge on any atom is -0.545 e. The van der Waals surface area contributed by atoms with E-state index in [9.17, 15) is 9.90 Å². The van der Waals surface area contributed by atoms with E-state index in [1.807, 2.05) is 0 Å². The molecule has 0 unspecified atom stereocenters. The van der Waals surface area contributed by atoms with Gasteiger partial charge in [-0.25, -0.2) is 4.98 Å². The van der Waals surface area contributed by atoms with Crippen LogP contribution in [0.15, 0.2) is 18.3 Å². The Morgan fingerprint density at radius 1 is 1.64 bits per heavy atom. The number of carbonyl (C=O) groups is 1. The fraction of sp³-hybridized carbons (Fsp3) is 0. The first-order valence-corrected chi connectivity index (χ1v) is 2.91. The molecule has 1 heterocycles. The van der Waals surface area contributed by atoms with Crippen molar-refractivity contribution in [2.45, 2.75) is 0 Å². The molecule has 0 fully saturated rings. The van der Waals surface area contributed by atoms with E-state index in [1.165, 1.54) is 18.3 Å². The van der Waals surface area contributed by atoms with E-state index in [-0.39, 0.29) is 62.1 Å². The van der Waals surface area contributed by atoms with Gasteiger partial charge in [0.2, 0.25) is 0 Å². The number of nitrogens with zero attached hydrogens (tertiary/aromatic N) is 1. The molecule has 5 heteroatoms. The smallest absolute Gasteiger partial charge is 0.138 e. The number of hydrogen-bond donors (Lipinski definition) is 0. The average molecular weight is 196 g/mol. The van der Waals surface area contributed by atoms with Crippen molar-refractivity contribution in [3.8, 4) is 0 Å². The molecule has 0 N–H and O–H groups in total. The molecule has 0 amide bonds. The van der Waals surface area contributed by atoms with Gasteiger partial charge in [-0.1, -0.05) is 11.6 Å². The summed E-state index contributed by atoms with van der Waals surface area (Å²) in [6.45, 7) is 0. The van der Waals surface area contributed by atoms with Gasteiger partial charge in [0, 0.05) is 63.1 Å². The monoisotopic (exact) mass is 195 g/mol. The minimum absolute atomic E-state index is 0. The molecule has 3 nitrogen and oxygen atoms in total. The summed E-state index contributed by atoms with van der Waals surface area (Å²) >= 11 is 5.39. The Balaban J connectivity index is 0.000001000. The fourth-order valence-electron chi connectivity index (χ4n) is 0.538. The molecule has 0 saturated heterocycles. The summed E-state index contributed by atoms with van der Waals surface area (Å²) in [5.74, 6) is -1.31. The molecule has 1 rings (SSSR count). The zero-order valence-corrected chi connectivity index (χ0v) is 9.75. The third-order valence-corrected chi connectivity index (χ3v) is 1.28. The first-order valence-electron chi connectivity index (χ1n) is 2.53. The Hall–Kier alpha value is 0.546. The number of hydrogen-bond acceptors (Lipinski definition) is 3. The van der Waals surface area contributed by atoms with Crippen LogP contribution >= 0.6 is 11.6 Å². The zero-order valence-electron chi connectivity index (χ0n) is 5.87. The second-order valence-corrected chi connectivity index (χ2v) is 1.99. The van der Waals surface area contributed by atoms with Gasteiger partial charge in [-0.3, -0.25) is 0 Å². The molecular formula is C6H3ClKNO2-. The number of pyridine rings is 1. The maximum atomic E-state index is 10.2. The first-order chi connectivity index (χ1) is 4.72. The molecule has 11 heavy (non-hydrogen) atoms. The molecule has 0 spiro atoms. The number of carbonyl (C=O) groups excluding carboxylic acids is 1. The van der Waals surface area contributed by atoms with Crippen molar-refractivity contribution in [1.29, 1.82) is 0 Å². The summed E-state index contributed by atoms with van der Waals surface area (Å²) in [4.78, 5) is 13.7. The Morgan fingerprint density at radius 2 is 2.27 bits per heavy atom. The van der Waals surface area contributed by atoms with Crippen LogP contribution in [-0.2, 0) is 0 Å². The Labute approximate surface area is 111 Å². The molecule has 1 aromatic rings. The summed E-state index contributed by atoms with van der Waals surface area (Å²) in [7, 11) is 0. The molecular weight excluding hydrogens is 193 g/mol. The average Bonchev–Trinajstić information content (AvgIpc) is 1.88. The second-order valence-electron chi connectivity index (χ2n) is 1.63. The first kappa shape index (κ1) is 11.5. The van der Waals surface area contributed by atoms with Gasteiger partial charge in [0.1, 0.15) is 5.15 Å². The summed E-state index contributed by atoms with van der Waals surface area (Å²) in [5, 5.41) is 10.1. The molecule has 0 aliphatic carbocycles. The molecule has 0 aliphatic rings. The third kappa shape index (κ3) is 3.19. The molecule has 0 saturated carbocycles. The van der Waals surface area contributed by atoms with E-state index in [2.05, 4.69) is 4.98 Å². The Morgan fingerprint density at radius 3 is 2.64 bits per heavy atom. The normalized spacial score (nSPS) is 8.45. The van der Waals surface area contributed by atoms with E-state index in [1.54, 1.807) is 0 Å². The van der Waals surface area contributed by atoms with Crippen molar-refractivity contribution in [3.05, 3.63) is 29.0 Å². The summed E-state index contributed by atoms with van der Waals surface area (Å²) in [6.07, 6.45) is 1.41. The summed E-state index contributed by atoms with van der Waals surface area (Å²) in [6, 6.07) is 2.82. The van der Waals surface area contributed by atoms with Gasteiger partial charge < -0.3 is 9.90 Å². The van der Waals surface area contributed by atoms with Crippen LogP contribution in [0.3, 0.4) is 0 Å². The molecule has 0 aliphatic heterocycles. The number of rotatable bonds is 1. The van der Waals surface area contributed by atoms with E-state index in [4.69, 9.17) is 11.6 Å². The number of carboxylic acids is 1. The van der Waals surface area contributed by atoms with Crippen molar-refractivity contribution in [2.24, 2.45) is 0 Å². The fourth-order valence-corrected chi connectivity index (χ4v) is 0.735. The maximum absolute atomic E-state index is 10.2. The van der Waals surface area contributed by atoms with Crippen LogP contribution in [0.4, 0.5) is 0 Å². The van der Waals surface area contributed by atoms with Crippen molar-refractivity contribution < 1.29 is 9.90 Å². The quantitative estimate of drug-likeness (QED) is 0.458. The topological polar surface area (TPSA) is 53.0 Å². The Bertz CT molecular complexity index is 267. The van der Waals surface area contributed by atoms with Crippen LogP contribution in [0.2, 0.25) is 5.15 Å². The van der Waals surface area contributed by atoms with Crippen LogP contribution in [-0.4, -0.2) is 62.3 Å². The summed E-state index contributed by atoms with van der Waals surface area (Å²) < 4.78 is 0. The molecule has 0 aromatic carbocycles. The van der Waals surface area contributed by atoms with Crippen LogP contribution in [0.1, 0.15) is 10.4 Å². The van der Waals surface area contributed by atoms with Gasteiger partial charge in [0.25, 0.3) is 0 Å². The van der Waals surface area contributed by atoms with Crippen molar-refractivity contribution in [3.63, 3.8) is 0 Å². The predicted molar refractivity (Wildman–Crippen MR) is 39.3 cm³/mol. The summed E-state index contributed by atoms with van der Waals surface area (Å²) in [5.41, 5.74) is -0.0795. The van der Waals surface area contributed by atoms with Gasteiger partial charge in [0.15, 0.2) is 0 Å².